The number of carbonyl (C=O) groups is 2. The van der Waals surface area contributed by atoms with Gasteiger partial charge >= 0.3 is 6.03 Å². The fourth-order valence-electron chi connectivity index (χ4n) is 2.93. The first-order valence-electron chi connectivity index (χ1n) is 8.93. The van der Waals surface area contributed by atoms with Crippen LogP contribution in [0.3, 0.4) is 0 Å². The second kappa shape index (κ2) is 9.07. The summed E-state index contributed by atoms with van der Waals surface area (Å²) in [6.07, 6.45) is 0. The highest BCUT2D eigenvalue weighted by Gasteiger charge is 2.32. The molecule has 1 aliphatic heterocycles. The molecule has 0 unspecified atom stereocenters. The maximum Gasteiger partial charge on any atom is 0.325 e. The number of para-hydroxylation sites is 2. The second-order valence-corrected chi connectivity index (χ2v) is 6.18. The van der Waals surface area contributed by atoms with Crippen LogP contribution in [-0.4, -0.2) is 56.7 Å². The van der Waals surface area contributed by atoms with Crippen LogP contribution in [0.25, 0.3) is 0 Å². The number of carbonyl (C=O) groups excluding carboxylic acids is 2. The molecule has 1 fully saturated rings. The summed E-state index contributed by atoms with van der Waals surface area (Å²) in [6.45, 7) is 1.45. The Morgan fingerprint density at radius 2 is 1.89 bits per heavy atom. The van der Waals surface area contributed by atoms with Crippen molar-refractivity contribution in [2.24, 2.45) is 0 Å². The van der Waals surface area contributed by atoms with E-state index in [0.717, 1.165) is 0 Å². The van der Waals surface area contributed by atoms with Crippen molar-refractivity contribution in [3.8, 4) is 11.5 Å². The molecule has 0 bridgehead atoms. The van der Waals surface area contributed by atoms with E-state index in [0.29, 0.717) is 30.3 Å². The molecule has 3 amide bonds. The fraction of sp³-hybridized carbons (Fsp3) is 0.300. The summed E-state index contributed by atoms with van der Waals surface area (Å²) in [5.74, 6) is 0.536. The van der Waals surface area contributed by atoms with Crippen LogP contribution < -0.4 is 19.7 Å². The Bertz CT molecular complexity index is 828. The lowest BCUT2D eigenvalue weighted by Gasteiger charge is -2.20. The van der Waals surface area contributed by atoms with Gasteiger partial charge in [-0.25, -0.2) is 9.18 Å². The van der Waals surface area contributed by atoms with E-state index in [4.69, 9.17) is 9.47 Å². The number of hydrogen-bond donors (Lipinski definition) is 1. The van der Waals surface area contributed by atoms with E-state index in [1.165, 1.54) is 29.2 Å². The molecule has 3 rings (SSSR count). The van der Waals surface area contributed by atoms with Crippen LogP contribution in [-0.2, 0) is 4.79 Å². The van der Waals surface area contributed by atoms with Crippen molar-refractivity contribution in [1.82, 2.24) is 10.2 Å². The van der Waals surface area contributed by atoms with E-state index in [9.17, 15) is 14.0 Å². The molecule has 0 saturated carbocycles. The van der Waals surface area contributed by atoms with Gasteiger partial charge in [0.1, 0.15) is 30.5 Å². The van der Waals surface area contributed by atoms with Crippen molar-refractivity contribution in [2.75, 3.05) is 44.8 Å². The Morgan fingerprint density at radius 3 is 2.64 bits per heavy atom. The first kappa shape index (κ1) is 19.5. The SMILES string of the molecule is COc1ccccc1N1CCN(CC(=O)NCCOc2ccc(F)cc2)C1=O. The average Bonchev–Trinajstić information content (AvgIpc) is 3.06. The van der Waals surface area contributed by atoms with Gasteiger partial charge in [0, 0.05) is 13.1 Å². The van der Waals surface area contributed by atoms with Gasteiger partial charge in [-0.15, -0.1) is 0 Å². The fourth-order valence-corrected chi connectivity index (χ4v) is 2.93. The predicted molar refractivity (Wildman–Crippen MR) is 102 cm³/mol. The van der Waals surface area contributed by atoms with Gasteiger partial charge in [0.15, 0.2) is 0 Å². The number of benzene rings is 2. The summed E-state index contributed by atoms with van der Waals surface area (Å²) in [6, 6.07) is 12.7. The first-order chi connectivity index (χ1) is 13.6. The van der Waals surface area contributed by atoms with Gasteiger partial charge in [-0.05, 0) is 36.4 Å². The topological polar surface area (TPSA) is 71.1 Å². The number of hydrogen-bond acceptors (Lipinski definition) is 4. The molecule has 28 heavy (non-hydrogen) atoms. The minimum absolute atomic E-state index is 0.0268. The van der Waals surface area contributed by atoms with E-state index < -0.39 is 0 Å². The molecule has 1 saturated heterocycles. The van der Waals surface area contributed by atoms with E-state index in [1.54, 1.807) is 18.1 Å². The predicted octanol–water partition coefficient (Wildman–Crippen LogP) is 2.27. The van der Waals surface area contributed by atoms with E-state index in [-0.39, 0.29) is 37.5 Å². The van der Waals surface area contributed by atoms with Crippen LogP contribution >= 0.6 is 0 Å². The zero-order chi connectivity index (χ0) is 19.9. The van der Waals surface area contributed by atoms with Crippen LogP contribution in [0.5, 0.6) is 11.5 Å². The average molecular weight is 387 g/mol. The van der Waals surface area contributed by atoms with Crippen molar-refractivity contribution >= 4 is 17.6 Å². The molecule has 8 heteroatoms. The zero-order valence-electron chi connectivity index (χ0n) is 15.6. The number of nitrogens with one attached hydrogen (secondary N) is 1. The van der Waals surface area contributed by atoms with Crippen molar-refractivity contribution in [1.29, 1.82) is 0 Å². The van der Waals surface area contributed by atoms with Gasteiger partial charge in [-0.2, -0.15) is 0 Å². The molecular formula is C20H22FN3O4. The molecule has 0 aromatic heterocycles. The van der Waals surface area contributed by atoms with Gasteiger partial charge in [-0.1, -0.05) is 12.1 Å². The van der Waals surface area contributed by atoms with Gasteiger partial charge in [0.2, 0.25) is 5.91 Å². The quantitative estimate of drug-likeness (QED) is 0.706. The standard InChI is InChI=1S/C20H22FN3O4/c1-27-18-5-3-2-4-17(18)24-12-11-23(20(24)26)14-19(25)22-10-13-28-16-8-6-15(21)7-9-16/h2-9H,10-14H2,1H3,(H,22,25). The minimum Gasteiger partial charge on any atom is -0.495 e. The van der Waals surface area contributed by atoms with Crippen molar-refractivity contribution < 1.29 is 23.5 Å². The molecule has 2 aromatic carbocycles. The van der Waals surface area contributed by atoms with Gasteiger partial charge < -0.3 is 19.7 Å². The van der Waals surface area contributed by atoms with Gasteiger partial charge in [0.25, 0.3) is 0 Å². The molecular weight excluding hydrogens is 365 g/mol. The Balaban J connectivity index is 1.44. The lowest BCUT2D eigenvalue weighted by molar-refractivity contribution is -0.121. The normalized spacial score (nSPS) is 13.6. The summed E-state index contributed by atoms with van der Waals surface area (Å²) in [7, 11) is 1.55. The Morgan fingerprint density at radius 1 is 1.14 bits per heavy atom. The third-order valence-electron chi connectivity index (χ3n) is 4.31. The minimum atomic E-state index is -0.335. The summed E-state index contributed by atoms with van der Waals surface area (Å²) in [5.41, 5.74) is 0.686. The van der Waals surface area contributed by atoms with Crippen LogP contribution in [0.15, 0.2) is 48.5 Å². The molecule has 0 aliphatic carbocycles. The van der Waals surface area contributed by atoms with Crippen molar-refractivity contribution in [3.05, 3.63) is 54.3 Å². The summed E-state index contributed by atoms with van der Waals surface area (Å²) < 4.78 is 23.6. The maximum absolute atomic E-state index is 12.8. The third kappa shape index (κ3) is 4.70. The first-order valence-corrected chi connectivity index (χ1v) is 8.93. The highest BCUT2D eigenvalue weighted by Crippen LogP contribution is 2.30. The van der Waals surface area contributed by atoms with Crippen molar-refractivity contribution in [2.45, 2.75) is 0 Å². The molecule has 1 heterocycles. The molecule has 7 nitrogen and oxygen atoms in total. The Labute approximate surface area is 162 Å². The van der Waals surface area contributed by atoms with Crippen LogP contribution in [0, 0.1) is 5.82 Å². The molecule has 0 atom stereocenters. The smallest absolute Gasteiger partial charge is 0.325 e. The third-order valence-corrected chi connectivity index (χ3v) is 4.31. The van der Waals surface area contributed by atoms with Crippen molar-refractivity contribution in [3.63, 3.8) is 0 Å². The summed E-state index contributed by atoms with van der Waals surface area (Å²) >= 11 is 0. The number of urea groups is 1. The molecule has 1 aliphatic rings. The number of nitrogens with zero attached hydrogens (tertiary/aromatic N) is 2. The lowest BCUT2D eigenvalue weighted by atomic mass is 10.2. The number of ether oxygens (including phenoxy) is 2. The molecule has 1 N–H and O–H groups in total. The largest absolute Gasteiger partial charge is 0.495 e. The Hall–Kier alpha value is -3.29. The van der Waals surface area contributed by atoms with Crippen LogP contribution in [0.1, 0.15) is 0 Å². The maximum atomic E-state index is 12.8. The molecule has 2 aromatic rings. The van der Waals surface area contributed by atoms with Gasteiger partial charge in [0.05, 0.1) is 19.3 Å². The van der Waals surface area contributed by atoms with E-state index in [1.807, 2.05) is 18.2 Å². The lowest BCUT2D eigenvalue weighted by Crippen LogP contribution is -2.41. The molecule has 148 valence electrons. The molecule has 0 radical (unpaired) electrons. The Kier molecular flexibility index (Phi) is 6.31. The molecule has 0 spiro atoms. The number of halogens is 1. The van der Waals surface area contributed by atoms with Gasteiger partial charge in [-0.3, -0.25) is 9.69 Å². The summed E-state index contributed by atoms with van der Waals surface area (Å²) in [4.78, 5) is 27.8. The number of anilines is 1. The number of rotatable bonds is 8. The zero-order valence-corrected chi connectivity index (χ0v) is 15.6. The number of amides is 3. The van der Waals surface area contributed by atoms with Crippen LogP contribution in [0.4, 0.5) is 14.9 Å². The summed E-state index contributed by atoms with van der Waals surface area (Å²) in [5, 5.41) is 2.71. The van der Waals surface area contributed by atoms with E-state index in [2.05, 4.69) is 5.32 Å². The highest BCUT2D eigenvalue weighted by molar-refractivity contribution is 5.97. The second-order valence-electron chi connectivity index (χ2n) is 6.18. The highest BCUT2D eigenvalue weighted by atomic mass is 19.1. The monoisotopic (exact) mass is 387 g/mol. The van der Waals surface area contributed by atoms with Crippen LogP contribution in [0.2, 0.25) is 0 Å². The number of methoxy groups -OCH3 is 1. The van der Waals surface area contributed by atoms with E-state index >= 15 is 0 Å².